The summed E-state index contributed by atoms with van der Waals surface area (Å²) in [4.78, 5) is 2.96. The predicted molar refractivity (Wildman–Crippen MR) is 74.9 cm³/mol. The summed E-state index contributed by atoms with van der Waals surface area (Å²) < 4.78 is 34.2. The summed E-state index contributed by atoms with van der Waals surface area (Å²) in [5.41, 5.74) is 1.41. The van der Waals surface area contributed by atoms with Crippen molar-refractivity contribution in [1.29, 1.82) is 0 Å². The summed E-state index contributed by atoms with van der Waals surface area (Å²) in [6, 6.07) is 9.23. The Bertz CT molecular complexity index is 854. The van der Waals surface area contributed by atoms with Gasteiger partial charge in [0.1, 0.15) is 5.75 Å². The predicted octanol–water partition coefficient (Wildman–Crippen LogP) is 3.97. The molecule has 0 amide bonds. The van der Waals surface area contributed by atoms with Crippen LogP contribution in [0, 0.1) is 16.4 Å². The lowest BCUT2D eigenvalue weighted by atomic mass is 10.2. The Morgan fingerprint density at radius 3 is 2.75 bits per heavy atom. The molecule has 1 aromatic heterocycles. The van der Waals surface area contributed by atoms with E-state index in [2.05, 4.69) is 4.98 Å². The second-order valence-corrected chi connectivity index (χ2v) is 4.61. The smallest absolute Gasteiger partial charge is 0.182 e. The van der Waals surface area contributed by atoms with Gasteiger partial charge in [-0.1, -0.05) is 6.07 Å². The highest BCUT2D eigenvalue weighted by Gasteiger charge is 2.14. The van der Waals surface area contributed by atoms with Crippen molar-refractivity contribution in [2.45, 2.75) is 0 Å². The number of hydrogen-bond acceptors (Lipinski definition) is 2. The summed E-state index contributed by atoms with van der Waals surface area (Å²) in [6.45, 7) is 0. The van der Waals surface area contributed by atoms with E-state index in [1.807, 2.05) is 0 Å². The minimum atomic E-state index is -0.938. The Labute approximate surface area is 118 Å². The van der Waals surface area contributed by atoms with Gasteiger partial charge in [0, 0.05) is 6.07 Å². The Kier molecular flexibility index (Phi) is 3.02. The molecule has 0 saturated carbocycles. The highest BCUT2D eigenvalue weighted by Crippen LogP contribution is 2.25. The number of hydrogen-bond donors (Lipinski definition) is 1. The standard InChI is InChI=1S/C14H10F2N2OS/c1-19-8-5-6-10-12(7-8)18(14(20)17-10)11-4-2-3-9(15)13(11)16/h2-7H,1H3,(H,17,20). The number of nitrogens with zero attached hydrogens (tertiary/aromatic N) is 1. The summed E-state index contributed by atoms with van der Waals surface area (Å²) in [5, 5.41) is 0. The Hall–Kier alpha value is -2.21. The molecule has 0 aliphatic heterocycles. The Morgan fingerprint density at radius 2 is 2.00 bits per heavy atom. The van der Waals surface area contributed by atoms with Crippen LogP contribution in [0.2, 0.25) is 0 Å². The topological polar surface area (TPSA) is 29.9 Å². The zero-order chi connectivity index (χ0) is 14.3. The fourth-order valence-corrected chi connectivity index (χ4v) is 2.42. The Balaban J connectivity index is 2.38. The van der Waals surface area contributed by atoms with E-state index in [9.17, 15) is 8.78 Å². The van der Waals surface area contributed by atoms with Gasteiger partial charge in [-0.25, -0.2) is 8.78 Å². The third kappa shape index (κ3) is 1.89. The molecule has 20 heavy (non-hydrogen) atoms. The molecule has 0 atom stereocenters. The van der Waals surface area contributed by atoms with Crippen molar-refractivity contribution < 1.29 is 13.5 Å². The van der Waals surface area contributed by atoms with Crippen molar-refractivity contribution in [3.05, 3.63) is 52.8 Å². The zero-order valence-electron chi connectivity index (χ0n) is 10.5. The first-order valence-electron chi connectivity index (χ1n) is 5.85. The lowest BCUT2D eigenvalue weighted by Crippen LogP contribution is -2.00. The van der Waals surface area contributed by atoms with Gasteiger partial charge in [0.2, 0.25) is 0 Å². The zero-order valence-corrected chi connectivity index (χ0v) is 11.3. The largest absolute Gasteiger partial charge is 0.497 e. The van der Waals surface area contributed by atoms with Crippen molar-refractivity contribution in [3.63, 3.8) is 0 Å². The van der Waals surface area contributed by atoms with Crippen LogP contribution in [0.25, 0.3) is 16.7 Å². The van der Waals surface area contributed by atoms with Crippen LogP contribution < -0.4 is 4.74 Å². The van der Waals surface area contributed by atoms with Crippen LogP contribution >= 0.6 is 12.2 Å². The van der Waals surface area contributed by atoms with Crippen LogP contribution in [0.3, 0.4) is 0 Å². The average Bonchev–Trinajstić information content (AvgIpc) is 2.77. The van der Waals surface area contributed by atoms with E-state index in [0.29, 0.717) is 11.3 Å². The summed E-state index contributed by atoms with van der Waals surface area (Å²) >= 11 is 5.19. The summed E-state index contributed by atoms with van der Waals surface area (Å²) in [5.74, 6) is -1.24. The van der Waals surface area contributed by atoms with Gasteiger partial charge >= 0.3 is 0 Å². The fraction of sp³-hybridized carbons (Fsp3) is 0.0714. The van der Waals surface area contributed by atoms with E-state index in [0.717, 1.165) is 11.6 Å². The number of aromatic nitrogens is 2. The minimum absolute atomic E-state index is 0.0644. The molecule has 0 saturated heterocycles. The van der Waals surface area contributed by atoms with Gasteiger partial charge in [-0.3, -0.25) is 4.57 Å². The number of aromatic amines is 1. The molecule has 0 fully saturated rings. The van der Waals surface area contributed by atoms with Crippen molar-refractivity contribution in [3.8, 4) is 11.4 Å². The highest BCUT2D eigenvalue weighted by atomic mass is 32.1. The number of ether oxygens (including phenoxy) is 1. The number of halogens is 2. The monoisotopic (exact) mass is 292 g/mol. The molecule has 0 unspecified atom stereocenters. The van der Waals surface area contributed by atoms with Crippen LogP contribution in [0.5, 0.6) is 5.75 Å². The molecule has 102 valence electrons. The molecular weight excluding hydrogens is 282 g/mol. The fourth-order valence-electron chi connectivity index (χ4n) is 2.11. The molecule has 0 bridgehead atoms. The molecule has 1 heterocycles. The van der Waals surface area contributed by atoms with Crippen LogP contribution in [0.1, 0.15) is 0 Å². The van der Waals surface area contributed by atoms with Gasteiger partial charge in [0.05, 0.1) is 23.8 Å². The van der Waals surface area contributed by atoms with Crippen LogP contribution in [0.4, 0.5) is 8.78 Å². The highest BCUT2D eigenvalue weighted by molar-refractivity contribution is 7.71. The van der Waals surface area contributed by atoms with Gasteiger partial charge in [-0.15, -0.1) is 0 Å². The van der Waals surface area contributed by atoms with Gasteiger partial charge in [0.15, 0.2) is 16.4 Å². The maximum atomic E-state index is 14.0. The number of H-pyrrole nitrogens is 1. The molecular formula is C14H10F2N2OS. The van der Waals surface area contributed by atoms with Crippen LogP contribution in [-0.2, 0) is 0 Å². The first-order chi connectivity index (χ1) is 9.61. The van der Waals surface area contributed by atoms with E-state index in [4.69, 9.17) is 17.0 Å². The molecule has 6 heteroatoms. The number of imidazole rings is 1. The van der Waals surface area contributed by atoms with E-state index in [1.165, 1.54) is 23.8 Å². The Morgan fingerprint density at radius 1 is 1.20 bits per heavy atom. The number of fused-ring (bicyclic) bond motifs is 1. The number of methoxy groups -OCH3 is 1. The van der Waals surface area contributed by atoms with E-state index in [-0.39, 0.29) is 10.5 Å². The van der Waals surface area contributed by atoms with E-state index >= 15 is 0 Å². The molecule has 0 spiro atoms. The van der Waals surface area contributed by atoms with Gasteiger partial charge in [-0.05, 0) is 36.5 Å². The van der Waals surface area contributed by atoms with Crippen LogP contribution in [-0.4, -0.2) is 16.7 Å². The van der Waals surface area contributed by atoms with E-state index < -0.39 is 11.6 Å². The molecule has 1 N–H and O–H groups in total. The van der Waals surface area contributed by atoms with E-state index in [1.54, 1.807) is 18.2 Å². The lowest BCUT2D eigenvalue weighted by molar-refractivity contribution is 0.415. The van der Waals surface area contributed by atoms with Crippen molar-refractivity contribution in [2.75, 3.05) is 7.11 Å². The number of rotatable bonds is 2. The van der Waals surface area contributed by atoms with Crippen molar-refractivity contribution in [1.82, 2.24) is 9.55 Å². The average molecular weight is 292 g/mol. The minimum Gasteiger partial charge on any atom is -0.497 e. The molecule has 0 radical (unpaired) electrons. The quantitative estimate of drug-likeness (QED) is 0.724. The van der Waals surface area contributed by atoms with Crippen molar-refractivity contribution >= 4 is 23.3 Å². The normalized spacial score (nSPS) is 10.9. The first kappa shape index (κ1) is 12.8. The molecule has 3 nitrogen and oxygen atoms in total. The summed E-state index contributed by atoms with van der Waals surface area (Å²) in [6.07, 6.45) is 0. The van der Waals surface area contributed by atoms with Gasteiger partial charge in [-0.2, -0.15) is 0 Å². The first-order valence-corrected chi connectivity index (χ1v) is 6.26. The second-order valence-electron chi connectivity index (χ2n) is 4.22. The van der Waals surface area contributed by atoms with Crippen LogP contribution in [0.15, 0.2) is 36.4 Å². The lowest BCUT2D eigenvalue weighted by Gasteiger charge is -2.07. The maximum Gasteiger partial charge on any atom is 0.182 e. The van der Waals surface area contributed by atoms with Gasteiger partial charge in [0.25, 0.3) is 0 Å². The second kappa shape index (κ2) is 4.72. The molecule has 3 aromatic rings. The van der Waals surface area contributed by atoms with Gasteiger partial charge < -0.3 is 9.72 Å². The number of benzene rings is 2. The maximum absolute atomic E-state index is 14.0. The van der Waals surface area contributed by atoms with Crippen molar-refractivity contribution in [2.24, 2.45) is 0 Å². The molecule has 3 rings (SSSR count). The molecule has 2 aromatic carbocycles. The third-order valence-electron chi connectivity index (χ3n) is 3.06. The summed E-state index contributed by atoms with van der Waals surface area (Å²) in [7, 11) is 1.54. The number of nitrogens with one attached hydrogen (secondary N) is 1. The third-order valence-corrected chi connectivity index (χ3v) is 3.35. The SMILES string of the molecule is COc1ccc2[nH]c(=S)n(-c3cccc(F)c3F)c2c1. The molecule has 0 aliphatic rings. The molecule has 0 aliphatic carbocycles.